The molecular formula is C64H80Cl2SiZr. The first-order valence-electron chi connectivity index (χ1n) is 26.8. The molecule has 0 amide bonds. The van der Waals surface area contributed by atoms with Crippen LogP contribution in [0.1, 0.15) is 172 Å². The van der Waals surface area contributed by atoms with E-state index in [-0.39, 0.29) is 24.8 Å². The number of hydrogen-bond acceptors (Lipinski definition) is 0. The van der Waals surface area contributed by atoms with Gasteiger partial charge in [-0.1, -0.05) is 0 Å². The minimum atomic E-state index is -4.13. The van der Waals surface area contributed by atoms with Gasteiger partial charge in [0.15, 0.2) is 0 Å². The molecule has 2 atom stereocenters. The third-order valence-electron chi connectivity index (χ3n) is 18.3. The Morgan fingerprint density at radius 1 is 0.426 bits per heavy atom. The van der Waals surface area contributed by atoms with E-state index in [9.17, 15) is 0 Å². The molecule has 0 radical (unpaired) electrons. The van der Waals surface area contributed by atoms with Crippen molar-refractivity contribution in [1.29, 1.82) is 0 Å². The average molecular weight is 1040 g/mol. The van der Waals surface area contributed by atoms with E-state index >= 15 is 0 Å². The first-order valence-corrected chi connectivity index (χ1v) is 40.5. The molecule has 0 aliphatic heterocycles. The van der Waals surface area contributed by atoms with Gasteiger partial charge in [-0.15, -0.1) is 24.8 Å². The summed E-state index contributed by atoms with van der Waals surface area (Å²) < 4.78 is 6.90. The van der Waals surface area contributed by atoms with Crippen molar-refractivity contribution in [1.82, 2.24) is 0 Å². The predicted octanol–water partition coefficient (Wildman–Crippen LogP) is 19.9. The summed E-state index contributed by atoms with van der Waals surface area (Å²) in [5, 5.41) is 5.42. The van der Waals surface area contributed by atoms with Gasteiger partial charge in [-0.25, -0.2) is 0 Å². The van der Waals surface area contributed by atoms with Crippen molar-refractivity contribution < 1.29 is 17.4 Å². The molecule has 10 rings (SSSR count). The van der Waals surface area contributed by atoms with Gasteiger partial charge in [0.1, 0.15) is 0 Å². The Labute approximate surface area is 426 Å². The Bertz CT molecular complexity index is 2660. The topological polar surface area (TPSA) is 0 Å². The third kappa shape index (κ3) is 9.82. The Morgan fingerprint density at radius 3 is 1.13 bits per heavy atom. The molecule has 2 fully saturated rings. The van der Waals surface area contributed by atoms with E-state index in [1.54, 1.807) is 22.3 Å². The summed E-state index contributed by atoms with van der Waals surface area (Å²) in [7, 11) is 0. The third-order valence-corrected chi connectivity index (χ3v) is 35.8. The zero-order valence-corrected chi connectivity index (χ0v) is 47.5. The van der Waals surface area contributed by atoms with Crippen molar-refractivity contribution in [2.24, 2.45) is 10.8 Å². The molecule has 0 aromatic heterocycles. The van der Waals surface area contributed by atoms with Crippen LogP contribution in [0.4, 0.5) is 0 Å². The van der Waals surface area contributed by atoms with Gasteiger partial charge in [0.2, 0.25) is 0 Å². The van der Waals surface area contributed by atoms with Crippen molar-refractivity contribution >= 4 is 65.4 Å². The summed E-state index contributed by atoms with van der Waals surface area (Å²) in [4.78, 5) is 0. The number of halogens is 2. The van der Waals surface area contributed by atoms with Crippen molar-refractivity contribution in [2.75, 3.05) is 0 Å². The van der Waals surface area contributed by atoms with Crippen LogP contribution in [0.15, 0.2) is 132 Å². The van der Waals surface area contributed by atoms with Crippen LogP contribution < -0.4 is 0 Å². The predicted molar refractivity (Wildman–Crippen MR) is 304 cm³/mol. The Balaban J connectivity index is 0.00000312. The summed E-state index contributed by atoms with van der Waals surface area (Å²) in [6.45, 7) is 7.72. The minimum Gasteiger partial charge on any atom is -0.147 e. The second-order valence-electron chi connectivity index (χ2n) is 23.2. The van der Waals surface area contributed by atoms with Gasteiger partial charge in [0.05, 0.1) is 0 Å². The van der Waals surface area contributed by atoms with Crippen LogP contribution in [0.5, 0.6) is 0 Å². The van der Waals surface area contributed by atoms with Crippen LogP contribution in [0.25, 0.3) is 56.0 Å². The molecule has 6 aromatic rings. The van der Waals surface area contributed by atoms with Crippen LogP contribution in [-0.2, 0) is 17.4 Å². The molecule has 0 heterocycles. The molecule has 68 heavy (non-hydrogen) atoms. The quantitative estimate of drug-likeness (QED) is 0.120. The van der Waals surface area contributed by atoms with E-state index < -0.39 is 17.4 Å². The van der Waals surface area contributed by atoms with Crippen molar-refractivity contribution in [3.05, 3.63) is 155 Å². The number of fused-ring (bicyclic) bond motifs is 4. The fourth-order valence-corrected chi connectivity index (χ4v) is 34.6. The fourth-order valence-electron chi connectivity index (χ4n) is 14.9. The Hall–Kier alpha value is -3.00. The van der Waals surface area contributed by atoms with E-state index in [1.165, 1.54) is 183 Å². The summed E-state index contributed by atoms with van der Waals surface area (Å²) in [5.41, 5.74) is 16.4. The van der Waals surface area contributed by atoms with E-state index in [0.717, 1.165) is 0 Å². The van der Waals surface area contributed by atoms with Gasteiger partial charge < -0.3 is 0 Å². The molecule has 0 spiro atoms. The van der Waals surface area contributed by atoms with Gasteiger partial charge in [-0.05, 0) is 0 Å². The summed E-state index contributed by atoms with van der Waals surface area (Å²) in [6, 6.07) is 47.3. The van der Waals surface area contributed by atoms with Crippen LogP contribution in [-0.4, -0.2) is 6.88 Å². The van der Waals surface area contributed by atoms with Gasteiger partial charge in [0.25, 0.3) is 0 Å². The number of allylic oxidation sites excluding steroid dienone is 2. The van der Waals surface area contributed by atoms with Gasteiger partial charge in [0, 0.05) is 0 Å². The van der Waals surface area contributed by atoms with Crippen molar-refractivity contribution in [2.45, 2.75) is 159 Å². The smallest absolute Gasteiger partial charge is 0.147 e. The molecule has 2 saturated carbocycles. The summed E-state index contributed by atoms with van der Waals surface area (Å²) in [6.07, 6.45) is 33.1. The molecule has 2 unspecified atom stereocenters. The second kappa shape index (κ2) is 21.4. The van der Waals surface area contributed by atoms with E-state index in [2.05, 4.69) is 163 Å². The average Bonchev–Trinajstić information content (AvgIpc) is 3.97. The number of rotatable bonds is 10. The zero-order chi connectivity index (χ0) is 45.4. The first kappa shape index (κ1) is 51.4. The van der Waals surface area contributed by atoms with E-state index in [0.29, 0.717) is 18.1 Å². The van der Waals surface area contributed by atoms with Gasteiger partial charge >= 0.3 is 405 Å². The molecule has 4 aliphatic rings. The largest absolute Gasteiger partial charge is 0.147 e. The summed E-state index contributed by atoms with van der Waals surface area (Å²) >= 11 is -4.13. The standard InChI is InChI=1S/2C31H35.2CH3.2ClH.H2Si.Zr/c2*1-2-31(19-9-5-3-4-6-10-20-31)23-24-21-26-15-12-18-29(30(26)22-24)28-17-11-14-25-13-7-8-16-27(25)28;;;;;;/h2*7-8,11-18,21-22H,2-6,9-10,19-20,23H2,1H3;2*1H3;2*1H;1H2;. The molecule has 4 heteroatoms. The second-order valence-corrected chi connectivity index (χ2v) is 53.7. The molecule has 0 nitrogen and oxygen atoms in total. The maximum Gasteiger partial charge on any atom is -0.147 e. The molecule has 358 valence electrons. The van der Waals surface area contributed by atoms with Gasteiger partial charge in [-0.3, -0.25) is 0 Å². The minimum absolute atomic E-state index is 0. The number of hydrogen-bond donors (Lipinski definition) is 0. The first-order chi connectivity index (χ1) is 32.1. The van der Waals surface area contributed by atoms with Crippen LogP contribution in [0.2, 0.25) is 9.26 Å². The van der Waals surface area contributed by atoms with Crippen molar-refractivity contribution in [3.63, 3.8) is 0 Å². The maximum atomic E-state index is 2.96. The molecule has 6 aromatic carbocycles. The van der Waals surface area contributed by atoms with Crippen LogP contribution >= 0.6 is 24.8 Å². The number of benzene rings is 6. The Morgan fingerprint density at radius 2 is 0.750 bits per heavy atom. The zero-order valence-electron chi connectivity index (χ0n) is 42.0. The normalized spacial score (nSPS) is 20.7. The van der Waals surface area contributed by atoms with E-state index in [1.807, 2.05) is 0 Å². The maximum absolute atomic E-state index is 4.13. The monoisotopic (exact) mass is 1040 g/mol. The van der Waals surface area contributed by atoms with Gasteiger partial charge in [-0.2, -0.15) is 0 Å². The molecular weight excluding hydrogens is 959 g/mol. The SMILES string of the molecule is CCC1(CC2=Cc3c(-c4cccc5ccccc45)cccc3[CH]2[Zr]([CH3])([CH3])(=[SiH2])[CH]2C(CC3(CC)CCCCCCCC3)=Cc3c(-c4cccc5ccccc45)cccc32)CCCCCCCC1.Cl.Cl. The fraction of sp³-hybridized carbons (Fsp3) is 0.438. The molecule has 4 aliphatic carbocycles. The molecule has 0 bridgehead atoms. The van der Waals surface area contributed by atoms with Crippen molar-refractivity contribution in [3.8, 4) is 22.3 Å². The Kier molecular flexibility index (Phi) is 16.1. The van der Waals surface area contributed by atoms with Crippen LogP contribution in [0, 0.1) is 10.8 Å². The summed E-state index contributed by atoms with van der Waals surface area (Å²) in [5.74, 6) is 0. The van der Waals surface area contributed by atoms with Crippen LogP contribution in [0.3, 0.4) is 0 Å². The molecule has 0 saturated heterocycles. The van der Waals surface area contributed by atoms with E-state index in [4.69, 9.17) is 0 Å². The molecule has 0 N–H and O–H groups in total.